The Kier molecular flexibility index (Phi) is 5.81. The van der Waals surface area contributed by atoms with E-state index < -0.39 is 17.8 Å². The summed E-state index contributed by atoms with van der Waals surface area (Å²) in [5.41, 5.74) is 1.13. The Balaban J connectivity index is 1.39. The molecule has 0 N–H and O–H groups in total. The van der Waals surface area contributed by atoms with Crippen LogP contribution in [-0.4, -0.2) is 38.6 Å². The van der Waals surface area contributed by atoms with Crippen molar-refractivity contribution >= 4 is 5.69 Å². The molecule has 168 valence electrons. The fourth-order valence-corrected chi connectivity index (χ4v) is 5.22. The van der Waals surface area contributed by atoms with Gasteiger partial charge < -0.3 is 19.1 Å². The number of benzene rings is 2. The zero-order valence-electron chi connectivity index (χ0n) is 18.0. The first-order valence-electron chi connectivity index (χ1n) is 10.5. The third-order valence-corrected chi connectivity index (χ3v) is 6.92. The summed E-state index contributed by atoms with van der Waals surface area (Å²) in [7, 11) is 3.17. The minimum Gasteiger partial charge on any atom is -0.497 e. The Labute approximate surface area is 180 Å². The van der Waals surface area contributed by atoms with Gasteiger partial charge in [-0.1, -0.05) is 12.1 Å². The lowest BCUT2D eigenvalue weighted by Crippen LogP contribution is -2.49. The predicted octanol–water partition coefficient (Wildman–Crippen LogP) is 5.46. The van der Waals surface area contributed by atoms with Gasteiger partial charge in [0.25, 0.3) is 0 Å². The highest BCUT2D eigenvalue weighted by Crippen LogP contribution is 2.66. The highest BCUT2D eigenvalue weighted by atomic mass is 19.4. The number of halogens is 3. The van der Waals surface area contributed by atoms with E-state index in [0.29, 0.717) is 24.7 Å². The Morgan fingerprint density at radius 3 is 2.10 bits per heavy atom. The van der Waals surface area contributed by atoms with Crippen LogP contribution >= 0.6 is 0 Å². The second-order valence-electron chi connectivity index (χ2n) is 8.49. The molecule has 2 aliphatic rings. The molecule has 1 heterocycles. The van der Waals surface area contributed by atoms with E-state index in [4.69, 9.17) is 14.2 Å². The van der Waals surface area contributed by atoms with Crippen LogP contribution in [0.3, 0.4) is 0 Å². The van der Waals surface area contributed by atoms with Crippen LogP contribution in [-0.2, 0) is 11.3 Å². The summed E-state index contributed by atoms with van der Waals surface area (Å²) in [4.78, 5) is 1.59. The zero-order valence-corrected chi connectivity index (χ0v) is 18.0. The van der Waals surface area contributed by atoms with Crippen LogP contribution in [0.4, 0.5) is 18.9 Å². The average Bonchev–Trinajstić information content (AvgIpc) is 3.17. The minimum atomic E-state index is -4.26. The minimum absolute atomic E-state index is 0.0193. The van der Waals surface area contributed by atoms with E-state index in [-0.39, 0.29) is 18.3 Å². The molecule has 2 aromatic carbocycles. The Morgan fingerprint density at radius 2 is 1.55 bits per heavy atom. The number of nitrogens with zero attached hydrogens (tertiary/aromatic N) is 1. The molecular weight excluding hydrogens is 407 g/mol. The third kappa shape index (κ3) is 4.07. The molecule has 0 amide bonds. The first kappa shape index (κ1) is 21.8. The van der Waals surface area contributed by atoms with Crippen molar-refractivity contribution in [3.05, 3.63) is 54.1 Å². The fourth-order valence-electron chi connectivity index (χ4n) is 5.22. The molecule has 1 saturated heterocycles. The number of fused-ring (bicyclic) bond motifs is 1. The molecule has 0 unspecified atom stereocenters. The zero-order chi connectivity index (χ0) is 22.2. The van der Waals surface area contributed by atoms with Gasteiger partial charge in [0.15, 0.2) is 0 Å². The molecule has 0 bridgehead atoms. The molecule has 4 atom stereocenters. The lowest BCUT2D eigenvalue weighted by molar-refractivity contribution is -0.149. The molecule has 0 radical (unpaired) electrons. The first-order chi connectivity index (χ1) is 14.8. The summed E-state index contributed by atoms with van der Waals surface area (Å²) >= 11 is 0. The molecular formula is C24H28F3NO3. The molecule has 31 heavy (non-hydrogen) atoms. The molecule has 1 saturated carbocycles. The van der Waals surface area contributed by atoms with Crippen LogP contribution in [0, 0.1) is 11.8 Å². The number of hydrogen-bond acceptors (Lipinski definition) is 4. The molecule has 1 aliphatic carbocycles. The number of alkyl halides is 3. The van der Waals surface area contributed by atoms with Gasteiger partial charge in [0.2, 0.25) is 0 Å². The van der Waals surface area contributed by atoms with E-state index >= 15 is 0 Å². The first-order valence-corrected chi connectivity index (χ1v) is 10.5. The number of anilines is 1. The van der Waals surface area contributed by atoms with Crippen LogP contribution in [0.15, 0.2) is 48.5 Å². The third-order valence-electron chi connectivity index (χ3n) is 6.92. The van der Waals surface area contributed by atoms with Crippen LogP contribution in [0.1, 0.15) is 25.3 Å². The molecule has 1 aliphatic heterocycles. The smallest absolute Gasteiger partial charge is 0.408 e. The van der Waals surface area contributed by atoms with Gasteiger partial charge in [-0.15, -0.1) is 0 Å². The van der Waals surface area contributed by atoms with Crippen LogP contribution in [0.25, 0.3) is 0 Å². The predicted molar refractivity (Wildman–Crippen MR) is 113 cm³/mol. The Morgan fingerprint density at radius 1 is 0.968 bits per heavy atom. The Bertz CT molecular complexity index is 884. The number of hydrogen-bond donors (Lipinski definition) is 0. The summed E-state index contributed by atoms with van der Waals surface area (Å²) in [5, 5.41) is 0. The molecule has 4 nitrogen and oxygen atoms in total. The van der Waals surface area contributed by atoms with E-state index in [9.17, 15) is 13.2 Å². The van der Waals surface area contributed by atoms with Crippen molar-refractivity contribution in [2.45, 2.75) is 44.1 Å². The summed E-state index contributed by atoms with van der Waals surface area (Å²) in [5.74, 6) is 1.63. The molecule has 2 fully saturated rings. The van der Waals surface area contributed by atoms with Gasteiger partial charge in [-0.25, -0.2) is 0 Å². The summed E-state index contributed by atoms with van der Waals surface area (Å²) in [6, 6.07) is 13.1. The summed E-state index contributed by atoms with van der Waals surface area (Å²) in [6.45, 7) is 2.96. The lowest BCUT2D eigenvalue weighted by Gasteiger charge is -2.37. The summed E-state index contributed by atoms with van der Waals surface area (Å²) < 4.78 is 57.5. The van der Waals surface area contributed by atoms with Gasteiger partial charge in [0, 0.05) is 17.8 Å². The van der Waals surface area contributed by atoms with E-state index in [2.05, 4.69) is 0 Å². The molecule has 2 aromatic rings. The van der Waals surface area contributed by atoms with Crippen molar-refractivity contribution in [1.29, 1.82) is 0 Å². The highest BCUT2D eigenvalue weighted by molar-refractivity contribution is 5.58. The van der Waals surface area contributed by atoms with Gasteiger partial charge in [-0.2, -0.15) is 13.2 Å². The van der Waals surface area contributed by atoms with Gasteiger partial charge >= 0.3 is 6.18 Å². The van der Waals surface area contributed by atoms with Crippen molar-refractivity contribution in [1.82, 2.24) is 0 Å². The maximum absolute atomic E-state index is 13.8. The quantitative estimate of drug-likeness (QED) is 0.516. The topological polar surface area (TPSA) is 30.9 Å². The Hall–Kier alpha value is -2.41. The second-order valence-corrected chi connectivity index (χ2v) is 8.49. The second kappa shape index (κ2) is 8.26. The number of methoxy groups -OCH3 is 2. The number of piperidine rings is 1. The van der Waals surface area contributed by atoms with Crippen molar-refractivity contribution in [2.24, 2.45) is 11.8 Å². The number of rotatable bonds is 8. The van der Waals surface area contributed by atoms with Gasteiger partial charge in [-0.3, -0.25) is 0 Å². The van der Waals surface area contributed by atoms with E-state index in [1.807, 2.05) is 31.2 Å². The normalized spacial score (nSPS) is 27.2. The maximum Gasteiger partial charge on any atom is 0.408 e. The molecule has 4 rings (SSSR count). The SMILES string of the molecule is COc1ccc(COCC[C@H]2[C@@H]3C[C@@H](C(F)(F)F)N(c4ccc(OC)cc4)[C@]23C)cc1. The average molecular weight is 435 g/mol. The highest BCUT2D eigenvalue weighted by Gasteiger charge is 2.73. The van der Waals surface area contributed by atoms with E-state index in [1.165, 1.54) is 0 Å². The van der Waals surface area contributed by atoms with Crippen molar-refractivity contribution in [2.75, 3.05) is 25.7 Å². The van der Waals surface area contributed by atoms with Crippen LogP contribution in [0.5, 0.6) is 11.5 Å². The van der Waals surface area contributed by atoms with Gasteiger partial charge in [0.05, 0.1) is 20.8 Å². The lowest BCUT2D eigenvalue weighted by atomic mass is 10.0. The standard InChI is InChI=1S/C24H28F3NO3/c1-23-20(12-13-31-15-16-4-8-18(29-2)9-5-16)21(23)14-22(24(25,26)27)28(23)17-6-10-19(30-3)11-7-17/h4-11,20-22H,12-15H2,1-3H3/t20-,21-,22-,23+/m0/s1. The fraction of sp³-hybridized carbons (Fsp3) is 0.500. The largest absolute Gasteiger partial charge is 0.497 e. The molecule has 0 aromatic heterocycles. The van der Waals surface area contributed by atoms with Crippen LogP contribution < -0.4 is 14.4 Å². The van der Waals surface area contributed by atoms with E-state index in [1.54, 1.807) is 43.4 Å². The van der Waals surface area contributed by atoms with Crippen LogP contribution in [0.2, 0.25) is 0 Å². The monoisotopic (exact) mass is 435 g/mol. The van der Waals surface area contributed by atoms with Gasteiger partial charge in [0.1, 0.15) is 17.5 Å². The summed E-state index contributed by atoms with van der Waals surface area (Å²) in [6.07, 6.45) is -3.38. The number of ether oxygens (including phenoxy) is 3. The van der Waals surface area contributed by atoms with Crippen molar-refractivity contribution in [3.63, 3.8) is 0 Å². The maximum atomic E-state index is 13.8. The molecule has 7 heteroatoms. The van der Waals surface area contributed by atoms with Crippen molar-refractivity contribution < 1.29 is 27.4 Å². The van der Waals surface area contributed by atoms with E-state index in [0.717, 1.165) is 17.7 Å². The van der Waals surface area contributed by atoms with Crippen molar-refractivity contribution in [3.8, 4) is 11.5 Å². The molecule has 0 spiro atoms. The van der Waals surface area contributed by atoms with Gasteiger partial charge in [-0.05, 0) is 73.6 Å².